The molecule has 0 aromatic rings. The van der Waals surface area contributed by atoms with Crippen molar-refractivity contribution in [2.75, 3.05) is 19.7 Å². The number of piperidine rings is 1. The topological polar surface area (TPSA) is 29.5 Å². The Morgan fingerprint density at radius 3 is 2.46 bits per heavy atom. The van der Waals surface area contributed by atoms with Crippen LogP contribution in [0.4, 0.5) is 0 Å². The third kappa shape index (κ3) is 3.77. The standard InChI is InChI=1S/C10H19NO2/c1-9(2)13-8-10(12)11-6-4-3-5-7-11/h9H,3-8H2,1-2H3. The molecule has 1 heterocycles. The highest BCUT2D eigenvalue weighted by molar-refractivity contribution is 5.77. The highest BCUT2D eigenvalue weighted by Gasteiger charge is 2.16. The molecular weight excluding hydrogens is 166 g/mol. The van der Waals surface area contributed by atoms with Gasteiger partial charge in [0.25, 0.3) is 0 Å². The molecule has 1 saturated heterocycles. The van der Waals surface area contributed by atoms with Crippen LogP contribution in [0.15, 0.2) is 0 Å². The largest absolute Gasteiger partial charge is 0.369 e. The summed E-state index contributed by atoms with van der Waals surface area (Å²) in [5.41, 5.74) is 0. The summed E-state index contributed by atoms with van der Waals surface area (Å²) in [6.07, 6.45) is 3.70. The van der Waals surface area contributed by atoms with Gasteiger partial charge in [0.2, 0.25) is 5.91 Å². The molecule has 1 aliphatic heterocycles. The predicted octanol–water partition coefficient (Wildman–Crippen LogP) is 1.42. The maximum atomic E-state index is 11.5. The van der Waals surface area contributed by atoms with E-state index < -0.39 is 0 Å². The molecule has 0 atom stereocenters. The van der Waals surface area contributed by atoms with Gasteiger partial charge in [0.05, 0.1) is 6.10 Å². The fourth-order valence-electron chi connectivity index (χ4n) is 1.47. The first-order chi connectivity index (χ1) is 6.20. The molecule has 0 aromatic carbocycles. The van der Waals surface area contributed by atoms with E-state index in [-0.39, 0.29) is 18.6 Å². The third-order valence-corrected chi connectivity index (χ3v) is 2.25. The Morgan fingerprint density at radius 2 is 1.92 bits per heavy atom. The van der Waals surface area contributed by atoms with Gasteiger partial charge in [0, 0.05) is 13.1 Å². The average Bonchev–Trinajstić information content (AvgIpc) is 2.15. The maximum absolute atomic E-state index is 11.5. The summed E-state index contributed by atoms with van der Waals surface area (Å²) in [4.78, 5) is 13.4. The number of hydrogen-bond acceptors (Lipinski definition) is 2. The monoisotopic (exact) mass is 185 g/mol. The molecule has 0 spiro atoms. The van der Waals surface area contributed by atoms with Crippen molar-refractivity contribution in [3.05, 3.63) is 0 Å². The molecule has 13 heavy (non-hydrogen) atoms. The number of rotatable bonds is 3. The van der Waals surface area contributed by atoms with Gasteiger partial charge in [-0.2, -0.15) is 0 Å². The van der Waals surface area contributed by atoms with E-state index in [4.69, 9.17) is 4.74 Å². The van der Waals surface area contributed by atoms with Gasteiger partial charge in [-0.25, -0.2) is 0 Å². The normalized spacial score (nSPS) is 17.9. The Hall–Kier alpha value is -0.570. The Morgan fingerprint density at radius 1 is 1.31 bits per heavy atom. The summed E-state index contributed by atoms with van der Waals surface area (Å²) in [5.74, 6) is 0.147. The number of likely N-dealkylation sites (tertiary alicyclic amines) is 1. The van der Waals surface area contributed by atoms with E-state index in [1.807, 2.05) is 18.7 Å². The van der Waals surface area contributed by atoms with Crippen molar-refractivity contribution in [2.45, 2.75) is 39.2 Å². The quantitative estimate of drug-likeness (QED) is 0.665. The van der Waals surface area contributed by atoms with Gasteiger partial charge in [-0.3, -0.25) is 4.79 Å². The summed E-state index contributed by atoms with van der Waals surface area (Å²) < 4.78 is 5.27. The van der Waals surface area contributed by atoms with E-state index in [1.165, 1.54) is 6.42 Å². The maximum Gasteiger partial charge on any atom is 0.248 e. The van der Waals surface area contributed by atoms with Crippen LogP contribution >= 0.6 is 0 Å². The van der Waals surface area contributed by atoms with Crippen molar-refractivity contribution in [3.8, 4) is 0 Å². The Kier molecular flexibility index (Phi) is 4.22. The minimum Gasteiger partial charge on any atom is -0.369 e. The van der Waals surface area contributed by atoms with Crippen LogP contribution in [0.3, 0.4) is 0 Å². The minimum atomic E-state index is 0.147. The lowest BCUT2D eigenvalue weighted by Gasteiger charge is -2.26. The van der Waals surface area contributed by atoms with Crippen LogP contribution in [0.25, 0.3) is 0 Å². The molecule has 3 nitrogen and oxygen atoms in total. The van der Waals surface area contributed by atoms with Crippen LogP contribution in [0, 0.1) is 0 Å². The molecular formula is C10H19NO2. The second-order valence-electron chi connectivity index (χ2n) is 3.80. The summed E-state index contributed by atoms with van der Waals surface area (Å²) in [7, 11) is 0. The van der Waals surface area contributed by atoms with Crippen molar-refractivity contribution in [2.24, 2.45) is 0 Å². The summed E-state index contributed by atoms with van der Waals surface area (Å²) in [5, 5.41) is 0. The fraction of sp³-hybridized carbons (Fsp3) is 0.900. The molecule has 0 unspecified atom stereocenters. The van der Waals surface area contributed by atoms with Crippen molar-refractivity contribution in [1.29, 1.82) is 0 Å². The lowest BCUT2D eigenvalue weighted by molar-refractivity contribution is -0.138. The molecule has 1 amide bonds. The first-order valence-electron chi connectivity index (χ1n) is 5.09. The first-order valence-corrected chi connectivity index (χ1v) is 5.09. The van der Waals surface area contributed by atoms with E-state index in [1.54, 1.807) is 0 Å². The lowest BCUT2D eigenvalue weighted by Crippen LogP contribution is -2.38. The van der Waals surface area contributed by atoms with Gasteiger partial charge >= 0.3 is 0 Å². The van der Waals surface area contributed by atoms with Crippen molar-refractivity contribution >= 4 is 5.91 Å². The number of ether oxygens (including phenoxy) is 1. The summed E-state index contributed by atoms with van der Waals surface area (Å²) >= 11 is 0. The smallest absolute Gasteiger partial charge is 0.248 e. The van der Waals surface area contributed by atoms with Crippen LogP contribution in [0.1, 0.15) is 33.1 Å². The lowest BCUT2D eigenvalue weighted by atomic mass is 10.1. The number of carbonyl (C=O) groups is 1. The molecule has 0 aliphatic carbocycles. The number of hydrogen-bond donors (Lipinski definition) is 0. The third-order valence-electron chi connectivity index (χ3n) is 2.25. The Bertz CT molecular complexity index is 162. The van der Waals surface area contributed by atoms with Crippen LogP contribution in [0.2, 0.25) is 0 Å². The second kappa shape index (κ2) is 5.22. The molecule has 1 rings (SSSR count). The molecule has 0 radical (unpaired) electrons. The van der Waals surface area contributed by atoms with Crippen LogP contribution in [0.5, 0.6) is 0 Å². The van der Waals surface area contributed by atoms with Crippen molar-refractivity contribution in [1.82, 2.24) is 4.90 Å². The zero-order valence-corrected chi connectivity index (χ0v) is 8.58. The average molecular weight is 185 g/mol. The van der Waals surface area contributed by atoms with E-state index in [9.17, 15) is 4.79 Å². The van der Waals surface area contributed by atoms with Crippen molar-refractivity contribution in [3.63, 3.8) is 0 Å². The molecule has 1 fully saturated rings. The van der Waals surface area contributed by atoms with E-state index in [0.29, 0.717) is 0 Å². The van der Waals surface area contributed by atoms with Gasteiger partial charge < -0.3 is 9.64 Å². The van der Waals surface area contributed by atoms with Gasteiger partial charge in [0.1, 0.15) is 6.61 Å². The Labute approximate surface area is 80.1 Å². The van der Waals surface area contributed by atoms with Crippen LogP contribution in [-0.2, 0) is 9.53 Å². The Balaban J connectivity index is 2.21. The van der Waals surface area contributed by atoms with E-state index in [0.717, 1.165) is 25.9 Å². The molecule has 0 saturated carbocycles. The highest BCUT2D eigenvalue weighted by Crippen LogP contribution is 2.08. The molecule has 1 aliphatic rings. The summed E-state index contributed by atoms with van der Waals surface area (Å²) in [6.45, 7) is 5.98. The second-order valence-corrected chi connectivity index (χ2v) is 3.80. The molecule has 0 bridgehead atoms. The van der Waals surface area contributed by atoms with Crippen molar-refractivity contribution < 1.29 is 9.53 Å². The molecule has 0 N–H and O–H groups in total. The first kappa shape index (κ1) is 10.5. The SMILES string of the molecule is CC(C)OCC(=O)N1CCCCC1. The zero-order chi connectivity index (χ0) is 9.68. The predicted molar refractivity (Wildman–Crippen MR) is 51.5 cm³/mol. The van der Waals surface area contributed by atoms with Gasteiger partial charge in [-0.1, -0.05) is 0 Å². The molecule has 76 valence electrons. The zero-order valence-electron chi connectivity index (χ0n) is 8.58. The van der Waals surface area contributed by atoms with Gasteiger partial charge in [-0.05, 0) is 33.1 Å². The fourth-order valence-corrected chi connectivity index (χ4v) is 1.47. The van der Waals surface area contributed by atoms with E-state index >= 15 is 0 Å². The van der Waals surface area contributed by atoms with Crippen LogP contribution in [-0.4, -0.2) is 36.6 Å². The number of amides is 1. The molecule has 3 heteroatoms. The van der Waals surface area contributed by atoms with Crippen LogP contribution < -0.4 is 0 Å². The van der Waals surface area contributed by atoms with Gasteiger partial charge in [0.15, 0.2) is 0 Å². The minimum absolute atomic E-state index is 0.147. The molecule has 0 aromatic heterocycles. The van der Waals surface area contributed by atoms with E-state index in [2.05, 4.69) is 0 Å². The summed E-state index contributed by atoms with van der Waals surface area (Å²) in [6, 6.07) is 0. The number of carbonyl (C=O) groups excluding carboxylic acids is 1. The van der Waals surface area contributed by atoms with Gasteiger partial charge in [-0.15, -0.1) is 0 Å². The highest BCUT2D eigenvalue weighted by atomic mass is 16.5. The number of nitrogens with zero attached hydrogens (tertiary/aromatic N) is 1.